The van der Waals surface area contributed by atoms with Crippen LogP contribution in [0.25, 0.3) is 0 Å². The highest BCUT2D eigenvalue weighted by Gasteiger charge is 2.18. The molecule has 1 rings (SSSR count). The lowest BCUT2D eigenvalue weighted by atomic mass is 10.2. The van der Waals surface area contributed by atoms with Gasteiger partial charge in [0.1, 0.15) is 6.04 Å². The van der Waals surface area contributed by atoms with Crippen molar-refractivity contribution in [3.8, 4) is 12.3 Å². The normalized spacial score (nSPS) is 11.3. The molecule has 0 saturated heterocycles. The van der Waals surface area contributed by atoms with E-state index in [-0.39, 0.29) is 6.42 Å². The van der Waals surface area contributed by atoms with E-state index in [9.17, 15) is 9.59 Å². The summed E-state index contributed by atoms with van der Waals surface area (Å²) in [4.78, 5) is 24.4. The largest absolute Gasteiger partial charge is 0.480 e. The number of nitrogens with one attached hydrogen (secondary N) is 2. The number of hydrogen-bond acceptors (Lipinski definition) is 3. The number of amides is 2. The second-order valence-electron chi connectivity index (χ2n) is 3.64. The van der Waals surface area contributed by atoms with E-state index < -0.39 is 18.0 Å². The van der Waals surface area contributed by atoms with Crippen molar-refractivity contribution in [3.63, 3.8) is 0 Å². The highest BCUT2D eigenvalue weighted by Crippen LogP contribution is 2.14. The first-order valence-electron chi connectivity index (χ1n) is 5.29. The number of hydrogen-bond donors (Lipinski definition) is 3. The molecule has 0 radical (unpaired) electrons. The fraction of sp³-hybridized carbons (Fsp3) is 0.333. The highest BCUT2D eigenvalue weighted by molar-refractivity contribution is 7.11. The Bertz CT molecular complexity index is 476. The van der Waals surface area contributed by atoms with Gasteiger partial charge in [0.05, 0.1) is 6.54 Å². The van der Waals surface area contributed by atoms with Gasteiger partial charge < -0.3 is 15.7 Å². The van der Waals surface area contributed by atoms with Crippen LogP contribution in [-0.4, -0.2) is 23.1 Å². The summed E-state index contributed by atoms with van der Waals surface area (Å²) in [6.45, 7) is 2.34. The van der Waals surface area contributed by atoms with Crippen LogP contribution in [0.4, 0.5) is 4.79 Å². The first kappa shape index (κ1) is 14.1. The third kappa shape index (κ3) is 4.47. The molecule has 0 aliphatic heterocycles. The lowest BCUT2D eigenvalue weighted by molar-refractivity contribution is -0.139. The van der Waals surface area contributed by atoms with Gasteiger partial charge in [-0.2, -0.15) is 0 Å². The number of carboxylic acids is 1. The summed E-state index contributed by atoms with van der Waals surface area (Å²) in [7, 11) is 0. The molecule has 0 spiro atoms. The molecule has 1 heterocycles. The molecule has 6 heteroatoms. The molecule has 0 fully saturated rings. The fourth-order valence-electron chi connectivity index (χ4n) is 1.27. The van der Waals surface area contributed by atoms with E-state index in [0.29, 0.717) is 6.54 Å². The van der Waals surface area contributed by atoms with Crippen LogP contribution in [0.1, 0.15) is 16.2 Å². The van der Waals surface area contributed by atoms with Crippen LogP contribution in [0.5, 0.6) is 0 Å². The molecule has 1 unspecified atom stereocenters. The Kier molecular flexibility index (Phi) is 5.21. The molecule has 18 heavy (non-hydrogen) atoms. The topological polar surface area (TPSA) is 78.4 Å². The zero-order valence-corrected chi connectivity index (χ0v) is 10.7. The van der Waals surface area contributed by atoms with Gasteiger partial charge >= 0.3 is 12.0 Å². The van der Waals surface area contributed by atoms with Gasteiger partial charge in [0.15, 0.2) is 0 Å². The highest BCUT2D eigenvalue weighted by atomic mass is 32.1. The minimum absolute atomic E-state index is 0.0408. The van der Waals surface area contributed by atoms with E-state index in [0.717, 1.165) is 9.75 Å². The maximum absolute atomic E-state index is 11.5. The predicted molar refractivity (Wildman–Crippen MR) is 69.3 cm³/mol. The van der Waals surface area contributed by atoms with Crippen LogP contribution >= 0.6 is 11.3 Å². The van der Waals surface area contributed by atoms with Gasteiger partial charge in [-0.3, -0.25) is 0 Å². The second-order valence-corrected chi connectivity index (χ2v) is 5.01. The number of aryl methyl sites for hydroxylation is 1. The van der Waals surface area contributed by atoms with Crippen molar-refractivity contribution in [2.24, 2.45) is 0 Å². The molecule has 1 atom stereocenters. The smallest absolute Gasteiger partial charge is 0.327 e. The van der Waals surface area contributed by atoms with Gasteiger partial charge in [0, 0.05) is 16.2 Å². The minimum atomic E-state index is -1.14. The Morgan fingerprint density at radius 2 is 2.28 bits per heavy atom. The number of carbonyl (C=O) groups excluding carboxylic acids is 1. The Morgan fingerprint density at radius 3 is 2.78 bits per heavy atom. The van der Waals surface area contributed by atoms with Crippen molar-refractivity contribution in [2.45, 2.75) is 25.9 Å². The molecule has 3 N–H and O–H groups in total. The summed E-state index contributed by atoms with van der Waals surface area (Å²) in [6.07, 6.45) is 4.99. The maximum Gasteiger partial charge on any atom is 0.327 e. The molecule has 0 aromatic carbocycles. The quantitative estimate of drug-likeness (QED) is 0.704. The van der Waals surface area contributed by atoms with Gasteiger partial charge in [0.2, 0.25) is 0 Å². The average Bonchev–Trinajstić information content (AvgIpc) is 2.72. The number of thiophene rings is 1. The zero-order chi connectivity index (χ0) is 13.5. The first-order chi connectivity index (χ1) is 8.52. The summed E-state index contributed by atoms with van der Waals surface area (Å²) >= 11 is 1.57. The van der Waals surface area contributed by atoms with E-state index in [2.05, 4.69) is 16.6 Å². The Hall–Kier alpha value is -2.00. The number of carbonyl (C=O) groups is 2. The van der Waals surface area contributed by atoms with Crippen molar-refractivity contribution in [1.82, 2.24) is 10.6 Å². The number of aliphatic carboxylic acids is 1. The SMILES string of the molecule is C#CCC(NC(=O)NCc1ccc(C)s1)C(=O)O. The van der Waals surface area contributed by atoms with E-state index in [4.69, 9.17) is 11.5 Å². The summed E-state index contributed by atoms with van der Waals surface area (Å²) in [6, 6.07) is 2.28. The van der Waals surface area contributed by atoms with Crippen molar-refractivity contribution >= 4 is 23.3 Å². The molecular weight excluding hydrogens is 252 g/mol. The molecule has 1 aromatic rings. The van der Waals surface area contributed by atoms with Gasteiger partial charge in [0.25, 0.3) is 0 Å². The molecule has 2 amide bonds. The van der Waals surface area contributed by atoms with Crippen molar-refractivity contribution in [3.05, 3.63) is 21.9 Å². The molecule has 5 nitrogen and oxygen atoms in total. The van der Waals surface area contributed by atoms with Crippen LogP contribution in [0.3, 0.4) is 0 Å². The Labute approximate surface area is 109 Å². The van der Waals surface area contributed by atoms with Crippen LogP contribution in [0.15, 0.2) is 12.1 Å². The van der Waals surface area contributed by atoms with Gasteiger partial charge in [-0.15, -0.1) is 23.7 Å². The second kappa shape index (κ2) is 6.67. The Balaban J connectivity index is 2.41. The number of carboxylic acid groups (broad SMARTS) is 1. The molecule has 0 aliphatic rings. The van der Waals surface area contributed by atoms with Crippen LogP contribution in [0, 0.1) is 19.3 Å². The molecule has 0 saturated carbocycles. The average molecular weight is 266 g/mol. The van der Waals surface area contributed by atoms with Gasteiger partial charge in [-0.1, -0.05) is 0 Å². The summed E-state index contributed by atoms with van der Waals surface area (Å²) in [5, 5.41) is 13.7. The molecular formula is C12H14N2O3S. The van der Waals surface area contributed by atoms with E-state index in [1.54, 1.807) is 11.3 Å². The number of urea groups is 1. The standard InChI is InChI=1S/C12H14N2O3S/c1-3-4-10(11(15)16)14-12(17)13-7-9-6-5-8(2)18-9/h1,5-6,10H,4,7H2,2H3,(H,15,16)(H2,13,14,17). The first-order valence-corrected chi connectivity index (χ1v) is 6.10. The van der Waals surface area contributed by atoms with E-state index in [1.165, 1.54) is 0 Å². The summed E-state index contributed by atoms with van der Waals surface area (Å²) in [5.41, 5.74) is 0. The van der Waals surface area contributed by atoms with Crippen molar-refractivity contribution < 1.29 is 14.7 Å². The van der Waals surface area contributed by atoms with E-state index >= 15 is 0 Å². The van der Waals surface area contributed by atoms with Gasteiger partial charge in [-0.05, 0) is 19.1 Å². The Morgan fingerprint density at radius 1 is 1.56 bits per heavy atom. The third-order valence-electron chi connectivity index (χ3n) is 2.14. The number of terminal acetylenes is 1. The van der Waals surface area contributed by atoms with Crippen LogP contribution in [0.2, 0.25) is 0 Å². The van der Waals surface area contributed by atoms with Crippen LogP contribution < -0.4 is 10.6 Å². The summed E-state index contributed by atoms with van der Waals surface area (Å²) in [5.74, 6) is 1.07. The lowest BCUT2D eigenvalue weighted by Crippen LogP contribution is -2.45. The minimum Gasteiger partial charge on any atom is -0.480 e. The summed E-state index contributed by atoms with van der Waals surface area (Å²) < 4.78 is 0. The fourth-order valence-corrected chi connectivity index (χ4v) is 2.10. The molecule has 0 bridgehead atoms. The van der Waals surface area contributed by atoms with Crippen LogP contribution in [-0.2, 0) is 11.3 Å². The molecule has 1 aromatic heterocycles. The predicted octanol–water partition coefficient (Wildman–Crippen LogP) is 1.33. The lowest BCUT2D eigenvalue weighted by Gasteiger charge is -2.12. The zero-order valence-electron chi connectivity index (χ0n) is 9.90. The monoisotopic (exact) mass is 266 g/mol. The molecule has 0 aliphatic carbocycles. The van der Waals surface area contributed by atoms with Crippen molar-refractivity contribution in [2.75, 3.05) is 0 Å². The van der Waals surface area contributed by atoms with Gasteiger partial charge in [-0.25, -0.2) is 9.59 Å². The molecule has 96 valence electrons. The van der Waals surface area contributed by atoms with Crippen molar-refractivity contribution in [1.29, 1.82) is 0 Å². The maximum atomic E-state index is 11.5. The third-order valence-corrected chi connectivity index (χ3v) is 3.15. The van der Waals surface area contributed by atoms with E-state index in [1.807, 2.05) is 19.1 Å². The number of rotatable bonds is 5.